The molecule has 1 atom stereocenters. The molecule has 7 heteroatoms. The van der Waals surface area contributed by atoms with E-state index in [1.54, 1.807) is 17.1 Å². The Kier molecular flexibility index (Phi) is 4.69. The minimum absolute atomic E-state index is 0.0941. The van der Waals surface area contributed by atoms with Crippen LogP contribution in [0.15, 0.2) is 49.1 Å². The van der Waals surface area contributed by atoms with Crippen molar-refractivity contribution in [1.82, 2.24) is 29.6 Å². The fourth-order valence-corrected chi connectivity index (χ4v) is 2.64. The molecular formula is C17H20N6O. The fraction of sp³-hybridized carbons (Fsp3) is 0.294. The van der Waals surface area contributed by atoms with Gasteiger partial charge in [-0.3, -0.25) is 4.79 Å². The van der Waals surface area contributed by atoms with Crippen molar-refractivity contribution in [3.8, 4) is 11.4 Å². The largest absolute Gasteiger partial charge is 0.345 e. The number of rotatable bonds is 6. The molecular weight excluding hydrogens is 304 g/mol. The van der Waals surface area contributed by atoms with Crippen LogP contribution in [0.2, 0.25) is 0 Å². The molecule has 0 aliphatic rings. The van der Waals surface area contributed by atoms with Crippen LogP contribution in [0.1, 0.15) is 25.7 Å². The summed E-state index contributed by atoms with van der Waals surface area (Å²) < 4.78 is 3.61. The summed E-state index contributed by atoms with van der Waals surface area (Å²) in [5.41, 5.74) is 0.981. The molecule has 1 amide bonds. The molecule has 2 heterocycles. The first-order chi connectivity index (χ1) is 11.7. The van der Waals surface area contributed by atoms with Gasteiger partial charge in [0.05, 0.1) is 6.04 Å². The lowest BCUT2D eigenvalue weighted by molar-refractivity contribution is -0.122. The number of hydrogen-bond donors (Lipinski definition) is 1. The Morgan fingerprint density at radius 3 is 2.79 bits per heavy atom. The zero-order valence-corrected chi connectivity index (χ0v) is 13.8. The first kappa shape index (κ1) is 15.9. The molecule has 0 aliphatic heterocycles. The van der Waals surface area contributed by atoms with Crippen molar-refractivity contribution in [1.29, 1.82) is 0 Å². The summed E-state index contributed by atoms with van der Waals surface area (Å²) in [5.74, 6) is 1.43. The molecule has 7 nitrogen and oxygen atoms in total. The molecule has 0 saturated carbocycles. The Labute approximate surface area is 140 Å². The molecule has 2 aromatic heterocycles. The van der Waals surface area contributed by atoms with Crippen LogP contribution in [0.5, 0.6) is 0 Å². The van der Waals surface area contributed by atoms with Gasteiger partial charge in [0, 0.05) is 24.5 Å². The molecule has 0 bridgehead atoms. The topological polar surface area (TPSA) is 77.6 Å². The SMILES string of the molecule is CCn1ncnc1[C@@H](C)NC(=O)Cn1ccnc1-c1ccccc1. The third kappa shape index (κ3) is 3.34. The molecule has 0 spiro atoms. The first-order valence-electron chi connectivity index (χ1n) is 7.92. The number of aromatic nitrogens is 5. The van der Waals surface area contributed by atoms with E-state index in [9.17, 15) is 4.79 Å². The standard InChI is InChI=1S/C17H20N6O/c1-3-23-16(19-12-20-23)13(2)21-15(24)11-22-10-9-18-17(22)14-7-5-4-6-8-14/h4-10,12-13H,3,11H2,1-2H3,(H,21,24)/t13-/m1/s1. The Bertz CT molecular complexity index is 807. The first-order valence-corrected chi connectivity index (χ1v) is 7.92. The normalized spacial score (nSPS) is 12.1. The average molecular weight is 324 g/mol. The van der Waals surface area contributed by atoms with Crippen LogP contribution in [-0.4, -0.2) is 30.2 Å². The quantitative estimate of drug-likeness (QED) is 0.752. The summed E-state index contributed by atoms with van der Waals surface area (Å²) >= 11 is 0. The van der Waals surface area contributed by atoms with Crippen LogP contribution in [0.3, 0.4) is 0 Å². The second-order valence-corrected chi connectivity index (χ2v) is 5.47. The van der Waals surface area contributed by atoms with E-state index < -0.39 is 0 Å². The molecule has 0 aliphatic carbocycles. The summed E-state index contributed by atoms with van der Waals surface area (Å²) in [4.78, 5) is 21.0. The second-order valence-electron chi connectivity index (χ2n) is 5.47. The highest BCUT2D eigenvalue weighted by Crippen LogP contribution is 2.16. The van der Waals surface area contributed by atoms with Crippen molar-refractivity contribution in [2.75, 3.05) is 0 Å². The summed E-state index contributed by atoms with van der Waals surface area (Å²) in [5, 5.41) is 7.09. The van der Waals surface area contributed by atoms with Gasteiger partial charge < -0.3 is 9.88 Å². The number of benzene rings is 1. The van der Waals surface area contributed by atoms with Crippen LogP contribution in [-0.2, 0) is 17.9 Å². The Morgan fingerprint density at radius 2 is 2.04 bits per heavy atom. The second kappa shape index (κ2) is 7.08. The fourth-order valence-electron chi connectivity index (χ4n) is 2.64. The van der Waals surface area contributed by atoms with E-state index in [0.717, 1.165) is 23.8 Å². The third-order valence-electron chi connectivity index (χ3n) is 3.77. The number of nitrogens with zero attached hydrogens (tertiary/aromatic N) is 5. The minimum Gasteiger partial charge on any atom is -0.345 e. The lowest BCUT2D eigenvalue weighted by atomic mass is 10.2. The predicted molar refractivity (Wildman–Crippen MR) is 89.9 cm³/mol. The maximum atomic E-state index is 12.4. The number of aryl methyl sites for hydroxylation is 1. The number of carbonyl (C=O) groups excluding carboxylic acids is 1. The lowest BCUT2D eigenvalue weighted by Gasteiger charge is -2.15. The monoisotopic (exact) mass is 324 g/mol. The van der Waals surface area contributed by atoms with E-state index in [-0.39, 0.29) is 18.5 Å². The van der Waals surface area contributed by atoms with Crippen LogP contribution in [0.4, 0.5) is 0 Å². The number of carbonyl (C=O) groups is 1. The van der Waals surface area contributed by atoms with Crippen molar-refractivity contribution in [3.05, 3.63) is 54.9 Å². The van der Waals surface area contributed by atoms with Crippen LogP contribution >= 0.6 is 0 Å². The molecule has 124 valence electrons. The van der Waals surface area contributed by atoms with Gasteiger partial charge in [-0.05, 0) is 13.8 Å². The van der Waals surface area contributed by atoms with E-state index >= 15 is 0 Å². The molecule has 0 fully saturated rings. The summed E-state index contributed by atoms with van der Waals surface area (Å²) in [6, 6.07) is 9.60. The van der Waals surface area contributed by atoms with Gasteiger partial charge >= 0.3 is 0 Å². The van der Waals surface area contributed by atoms with Crippen LogP contribution < -0.4 is 5.32 Å². The third-order valence-corrected chi connectivity index (χ3v) is 3.77. The highest BCUT2D eigenvalue weighted by atomic mass is 16.2. The number of amides is 1. The van der Waals surface area contributed by atoms with Gasteiger partial charge in [0.1, 0.15) is 24.5 Å². The van der Waals surface area contributed by atoms with Gasteiger partial charge in [0.25, 0.3) is 0 Å². The smallest absolute Gasteiger partial charge is 0.240 e. The molecule has 24 heavy (non-hydrogen) atoms. The number of hydrogen-bond acceptors (Lipinski definition) is 4. The maximum Gasteiger partial charge on any atom is 0.240 e. The zero-order chi connectivity index (χ0) is 16.9. The Morgan fingerprint density at radius 1 is 1.25 bits per heavy atom. The van der Waals surface area contributed by atoms with Crippen molar-refractivity contribution in [2.24, 2.45) is 0 Å². The predicted octanol–water partition coefficient (Wildman–Crippen LogP) is 2.04. The summed E-state index contributed by atoms with van der Waals surface area (Å²) in [7, 11) is 0. The Hall–Kier alpha value is -2.96. The molecule has 1 aromatic carbocycles. The van der Waals surface area contributed by atoms with Crippen molar-refractivity contribution < 1.29 is 4.79 Å². The molecule has 1 N–H and O–H groups in total. The van der Waals surface area contributed by atoms with Gasteiger partial charge in [-0.15, -0.1) is 0 Å². The minimum atomic E-state index is -0.205. The summed E-state index contributed by atoms with van der Waals surface area (Å²) in [6.45, 7) is 4.81. The molecule has 0 radical (unpaired) electrons. The maximum absolute atomic E-state index is 12.4. The van der Waals surface area contributed by atoms with Crippen molar-refractivity contribution >= 4 is 5.91 Å². The van der Waals surface area contributed by atoms with E-state index in [2.05, 4.69) is 20.4 Å². The highest BCUT2D eigenvalue weighted by Gasteiger charge is 2.16. The molecule has 0 unspecified atom stereocenters. The highest BCUT2D eigenvalue weighted by molar-refractivity contribution is 5.76. The van der Waals surface area contributed by atoms with Gasteiger partial charge in [0.15, 0.2) is 0 Å². The van der Waals surface area contributed by atoms with Crippen molar-refractivity contribution in [2.45, 2.75) is 33.0 Å². The van der Waals surface area contributed by atoms with Gasteiger partial charge in [-0.25, -0.2) is 14.6 Å². The number of nitrogens with one attached hydrogen (secondary N) is 1. The zero-order valence-electron chi connectivity index (χ0n) is 13.8. The van der Waals surface area contributed by atoms with Crippen molar-refractivity contribution in [3.63, 3.8) is 0 Å². The van der Waals surface area contributed by atoms with E-state index in [1.165, 1.54) is 6.33 Å². The van der Waals surface area contributed by atoms with Crippen LogP contribution in [0.25, 0.3) is 11.4 Å². The van der Waals surface area contributed by atoms with Gasteiger partial charge in [-0.1, -0.05) is 30.3 Å². The summed E-state index contributed by atoms with van der Waals surface area (Å²) in [6.07, 6.45) is 5.01. The van der Waals surface area contributed by atoms with Crippen LogP contribution in [0, 0.1) is 0 Å². The number of imidazole rings is 1. The molecule has 3 aromatic rings. The van der Waals surface area contributed by atoms with E-state index in [1.807, 2.05) is 48.7 Å². The van der Waals surface area contributed by atoms with E-state index in [4.69, 9.17) is 0 Å². The van der Waals surface area contributed by atoms with E-state index in [0.29, 0.717) is 0 Å². The average Bonchev–Trinajstić information content (AvgIpc) is 3.24. The lowest BCUT2D eigenvalue weighted by Crippen LogP contribution is -2.31. The Balaban J connectivity index is 1.69. The van der Waals surface area contributed by atoms with Gasteiger partial charge in [0.2, 0.25) is 5.91 Å². The van der Waals surface area contributed by atoms with Gasteiger partial charge in [-0.2, -0.15) is 5.10 Å². The molecule has 0 saturated heterocycles. The molecule has 3 rings (SSSR count).